The fourth-order valence-electron chi connectivity index (χ4n) is 1.70. The van der Waals surface area contributed by atoms with Crippen molar-refractivity contribution in [2.24, 2.45) is 0 Å². The third-order valence-electron chi connectivity index (χ3n) is 2.77. The van der Waals surface area contributed by atoms with Crippen LogP contribution in [0.2, 0.25) is 0 Å². The Labute approximate surface area is 120 Å². The maximum absolute atomic E-state index is 12.0. The number of aromatic nitrogens is 4. The molecule has 6 heteroatoms. The molecule has 0 aromatic carbocycles. The van der Waals surface area contributed by atoms with E-state index in [0.717, 1.165) is 23.3 Å². The van der Waals surface area contributed by atoms with E-state index in [1.54, 1.807) is 35.4 Å². The first-order valence-electron chi connectivity index (χ1n) is 6.11. The maximum Gasteiger partial charge on any atom is 0.189 e. The monoisotopic (exact) mass is 322 g/mol. The lowest BCUT2D eigenvalue weighted by molar-refractivity contribution is 0.104. The van der Waals surface area contributed by atoms with Gasteiger partial charge < -0.3 is 0 Å². The number of allylic oxidation sites excluding steroid dienone is 1. The van der Waals surface area contributed by atoms with E-state index in [9.17, 15) is 4.79 Å². The molecule has 0 aliphatic carbocycles. The number of hydrogen-bond donors (Lipinski definition) is 0. The van der Waals surface area contributed by atoms with Crippen LogP contribution >= 0.6 is 15.9 Å². The van der Waals surface area contributed by atoms with Crippen molar-refractivity contribution in [2.45, 2.75) is 26.9 Å². The van der Waals surface area contributed by atoms with Crippen LogP contribution < -0.4 is 0 Å². The predicted octanol–water partition coefficient (Wildman–Crippen LogP) is 2.78. The molecule has 2 aromatic heterocycles. The van der Waals surface area contributed by atoms with Crippen LogP contribution in [0.5, 0.6) is 0 Å². The number of carbonyl (C=O) groups is 1. The summed E-state index contributed by atoms with van der Waals surface area (Å²) >= 11 is 3.42. The molecule has 0 bridgehead atoms. The summed E-state index contributed by atoms with van der Waals surface area (Å²) in [7, 11) is 0. The molecule has 0 saturated heterocycles. The topological polar surface area (TPSA) is 52.7 Å². The van der Waals surface area contributed by atoms with E-state index < -0.39 is 0 Å². The van der Waals surface area contributed by atoms with Crippen molar-refractivity contribution < 1.29 is 4.79 Å². The molecule has 2 rings (SSSR count). The van der Waals surface area contributed by atoms with Crippen molar-refractivity contribution in [1.82, 2.24) is 19.6 Å². The Kier molecular flexibility index (Phi) is 4.31. The second kappa shape index (κ2) is 5.97. The Balaban J connectivity index is 2.18. The summed E-state index contributed by atoms with van der Waals surface area (Å²) in [5.41, 5.74) is 1.48. The zero-order chi connectivity index (χ0) is 13.8. The Bertz CT molecular complexity index is 612. The molecule has 0 N–H and O–H groups in total. The minimum absolute atomic E-state index is 0.0598. The van der Waals surface area contributed by atoms with Crippen LogP contribution in [0.3, 0.4) is 0 Å². The molecule has 0 amide bonds. The minimum Gasteiger partial charge on any atom is -0.289 e. The number of aryl methyl sites for hydroxylation is 2. The van der Waals surface area contributed by atoms with Gasteiger partial charge in [0.1, 0.15) is 0 Å². The van der Waals surface area contributed by atoms with Crippen LogP contribution in [-0.4, -0.2) is 25.3 Å². The summed E-state index contributed by atoms with van der Waals surface area (Å²) in [5.74, 6) is -0.0598. The van der Waals surface area contributed by atoms with Gasteiger partial charge in [0.25, 0.3) is 0 Å². The van der Waals surface area contributed by atoms with Crippen molar-refractivity contribution in [2.75, 3.05) is 0 Å². The quantitative estimate of drug-likeness (QED) is 0.628. The number of halogens is 1. The number of carbonyl (C=O) groups excluding carboxylic acids is 1. The molecular weight excluding hydrogens is 308 g/mol. The molecule has 5 nitrogen and oxygen atoms in total. The van der Waals surface area contributed by atoms with Crippen LogP contribution in [0.4, 0.5) is 0 Å². The van der Waals surface area contributed by atoms with Gasteiger partial charge in [0.2, 0.25) is 0 Å². The van der Waals surface area contributed by atoms with E-state index in [2.05, 4.69) is 26.1 Å². The summed E-state index contributed by atoms with van der Waals surface area (Å²) in [4.78, 5) is 12.0. The number of rotatable bonds is 5. The smallest absolute Gasteiger partial charge is 0.189 e. The highest BCUT2D eigenvalue weighted by atomic mass is 79.9. The highest BCUT2D eigenvalue weighted by molar-refractivity contribution is 9.10. The number of ketones is 1. The van der Waals surface area contributed by atoms with E-state index in [4.69, 9.17) is 0 Å². The lowest BCUT2D eigenvalue weighted by Crippen LogP contribution is -1.99. The summed E-state index contributed by atoms with van der Waals surface area (Å²) in [6, 6.07) is 0. The SMILES string of the molecule is CCn1cc(C(=O)/C=C/c2c(Br)cnn2CC)cn1. The number of nitrogens with zero attached hydrogens (tertiary/aromatic N) is 4. The maximum atomic E-state index is 12.0. The van der Waals surface area contributed by atoms with Gasteiger partial charge >= 0.3 is 0 Å². The van der Waals surface area contributed by atoms with Crippen LogP contribution in [0.25, 0.3) is 6.08 Å². The zero-order valence-corrected chi connectivity index (χ0v) is 12.5. The molecule has 0 atom stereocenters. The van der Waals surface area contributed by atoms with Crippen molar-refractivity contribution in [1.29, 1.82) is 0 Å². The van der Waals surface area contributed by atoms with Gasteiger partial charge in [-0.2, -0.15) is 10.2 Å². The minimum atomic E-state index is -0.0598. The second-order valence-electron chi connectivity index (χ2n) is 3.98. The molecule has 2 heterocycles. The molecule has 0 fully saturated rings. The fraction of sp³-hybridized carbons (Fsp3) is 0.308. The first-order chi connectivity index (χ1) is 9.15. The molecule has 0 spiro atoms. The molecule has 0 saturated carbocycles. The lowest BCUT2D eigenvalue weighted by Gasteiger charge is -1.99. The Morgan fingerprint density at radius 1 is 1.32 bits per heavy atom. The first kappa shape index (κ1) is 13.7. The molecule has 2 aromatic rings. The summed E-state index contributed by atoms with van der Waals surface area (Å²) in [5, 5.41) is 8.28. The third-order valence-corrected chi connectivity index (χ3v) is 3.38. The normalized spacial score (nSPS) is 11.3. The summed E-state index contributed by atoms with van der Waals surface area (Å²) in [6.07, 6.45) is 8.38. The predicted molar refractivity (Wildman–Crippen MR) is 76.9 cm³/mol. The second-order valence-corrected chi connectivity index (χ2v) is 4.83. The Morgan fingerprint density at radius 3 is 2.74 bits per heavy atom. The van der Waals surface area contributed by atoms with Gasteiger partial charge in [-0.15, -0.1) is 0 Å². The van der Waals surface area contributed by atoms with Gasteiger partial charge in [0.05, 0.1) is 28.1 Å². The molecule has 0 radical (unpaired) electrons. The largest absolute Gasteiger partial charge is 0.289 e. The van der Waals surface area contributed by atoms with Crippen LogP contribution in [-0.2, 0) is 13.1 Å². The first-order valence-corrected chi connectivity index (χ1v) is 6.91. The molecular formula is C13H15BrN4O. The van der Waals surface area contributed by atoms with Gasteiger partial charge in [-0.1, -0.05) is 0 Å². The van der Waals surface area contributed by atoms with E-state index >= 15 is 0 Å². The molecule has 0 aliphatic rings. The highest BCUT2D eigenvalue weighted by Crippen LogP contribution is 2.17. The third kappa shape index (κ3) is 3.01. The fourth-order valence-corrected chi connectivity index (χ4v) is 2.13. The average Bonchev–Trinajstić information content (AvgIpc) is 3.02. The average molecular weight is 323 g/mol. The van der Waals surface area contributed by atoms with Gasteiger partial charge in [-0.05, 0) is 41.9 Å². The molecule has 0 aliphatic heterocycles. The van der Waals surface area contributed by atoms with E-state index in [1.165, 1.54) is 0 Å². The van der Waals surface area contributed by atoms with Crippen LogP contribution in [0.15, 0.2) is 29.1 Å². The molecule has 100 valence electrons. The van der Waals surface area contributed by atoms with Crippen molar-refractivity contribution >= 4 is 27.8 Å². The Morgan fingerprint density at radius 2 is 2.11 bits per heavy atom. The number of hydrogen-bond acceptors (Lipinski definition) is 3. The zero-order valence-electron chi connectivity index (χ0n) is 10.9. The van der Waals surface area contributed by atoms with Crippen molar-refractivity contribution in [3.63, 3.8) is 0 Å². The van der Waals surface area contributed by atoms with Gasteiger partial charge in [-0.25, -0.2) is 0 Å². The van der Waals surface area contributed by atoms with Crippen LogP contribution in [0, 0.1) is 0 Å². The lowest BCUT2D eigenvalue weighted by atomic mass is 10.2. The van der Waals surface area contributed by atoms with E-state index in [-0.39, 0.29) is 5.78 Å². The van der Waals surface area contributed by atoms with Gasteiger partial charge in [0, 0.05) is 19.3 Å². The standard InChI is InChI=1S/C13H15BrN4O/c1-3-17-9-10(7-15-17)13(19)6-5-12-11(14)8-16-18(12)4-2/h5-9H,3-4H2,1-2H3/b6-5+. The van der Waals surface area contributed by atoms with E-state index in [0.29, 0.717) is 5.56 Å². The van der Waals surface area contributed by atoms with Crippen molar-refractivity contribution in [3.05, 3.63) is 40.4 Å². The summed E-state index contributed by atoms with van der Waals surface area (Å²) < 4.78 is 4.43. The highest BCUT2D eigenvalue weighted by Gasteiger charge is 2.07. The van der Waals surface area contributed by atoms with Gasteiger partial charge in [0.15, 0.2) is 5.78 Å². The van der Waals surface area contributed by atoms with Crippen LogP contribution in [0.1, 0.15) is 29.9 Å². The van der Waals surface area contributed by atoms with Gasteiger partial charge in [-0.3, -0.25) is 14.2 Å². The summed E-state index contributed by atoms with van der Waals surface area (Å²) in [6.45, 7) is 5.50. The van der Waals surface area contributed by atoms with Crippen molar-refractivity contribution in [3.8, 4) is 0 Å². The molecule has 19 heavy (non-hydrogen) atoms. The molecule has 0 unspecified atom stereocenters. The Hall–Kier alpha value is -1.69. The van der Waals surface area contributed by atoms with E-state index in [1.807, 2.05) is 18.5 Å².